The van der Waals surface area contributed by atoms with Gasteiger partial charge in [0, 0.05) is 10.6 Å². The molecule has 0 bridgehead atoms. The summed E-state index contributed by atoms with van der Waals surface area (Å²) >= 11 is 1.51. The smallest absolute Gasteiger partial charge is 0.354 e. The summed E-state index contributed by atoms with van der Waals surface area (Å²) in [4.78, 5) is 27.3. The van der Waals surface area contributed by atoms with Crippen molar-refractivity contribution < 1.29 is 14.7 Å². The first kappa shape index (κ1) is 13.8. The summed E-state index contributed by atoms with van der Waals surface area (Å²) < 4.78 is 0. The molecule has 2 heterocycles. The standard InChI is InChI=1S/C15H14N2O3S/c1-8-6-10(13(16-8)15(19)20)17-14(18)12-7-9-4-2-3-5-11(9)21-12/h2-6,12,16H,7H2,1H3,(H,17,18)(H,19,20). The number of H-pyrrole nitrogens is 1. The minimum absolute atomic E-state index is 0.0151. The number of carbonyl (C=O) groups is 2. The number of carboxylic acid groups (broad SMARTS) is 1. The zero-order chi connectivity index (χ0) is 15.0. The molecule has 1 unspecified atom stereocenters. The average Bonchev–Trinajstić information content (AvgIpc) is 3.02. The van der Waals surface area contributed by atoms with Gasteiger partial charge < -0.3 is 15.4 Å². The molecule has 5 nitrogen and oxygen atoms in total. The molecule has 1 aromatic carbocycles. The SMILES string of the molecule is Cc1cc(NC(=O)C2Cc3ccccc3S2)c(C(=O)O)[nH]1. The van der Waals surface area contributed by atoms with Crippen LogP contribution in [0.4, 0.5) is 5.69 Å². The predicted molar refractivity (Wildman–Crippen MR) is 80.9 cm³/mol. The first-order valence-corrected chi connectivity index (χ1v) is 7.41. The van der Waals surface area contributed by atoms with Crippen LogP contribution in [0.5, 0.6) is 0 Å². The van der Waals surface area contributed by atoms with E-state index in [1.165, 1.54) is 11.8 Å². The molecule has 0 spiro atoms. The molecule has 0 saturated heterocycles. The number of hydrogen-bond donors (Lipinski definition) is 3. The highest BCUT2D eigenvalue weighted by molar-refractivity contribution is 8.01. The molecule has 1 atom stereocenters. The van der Waals surface area contributed by atoms with Crippen LogP contribution in [-0.2, 0) is 11.2 Å². The number of amides is 1. The second kappa shape index (κ2) is 5.29. The number of rotatable bonds is 3. The maximum Gasteiger partial charge on any atom is 0.354 e. The van der Waals surface area contributed by atoms with Gasteiger partial charge >= 0.3 is 5.97 Å². The second-order valence-corrected chi connectivity index (χ2v) is 6.20. The van der Waals surface area contributed by atoms with Gasteiger partial charge in [-0.2, -0.15) is 0 Å². The van der Waals surface area contributed by atoms with Crippen LogP contribution in [0.25, 0.3) is 0 Å². The predicted octanol–water partition coefficient (Wildman–Crippen LogP) is 2.68. The fraction of sp³-hybridized carbons (Fsp3) is 0.200. The third kappa shape index (κ3) is 2.67. The Labute approximate surface area is 125 Å². The number of carbonyl (C=O) groups excluding carboxylic acids is 1. The van der Waals surface area contributed by atoms with Crippen molar-refractivity contribution in [1.82, 2.24) is 4.98 Å². The Morgan fingerprint density at radius 2 is 2.14 bits per heavy atom. The van der Waals surface area contributed by atoms with Crippen molar-refractivity contribution in [1.29, 1.82) is 0 Å². The molecule has 1 aliphatic rings. The quantitative estimate of drug-likeness (QED) is 0.814. The fourth-order valence-electron chi connectivity index (χ4n) is 2.40. The van der Waals surface area contributed by atoms with E-state index in [0.29, 0.717) is 17.8 Å². The van der Waals surface area contributed by atoms with E-state index in [1.807, 2.05) is 24.3 Å². The minimum atomic E-state index is -1.08. The summed E-state index contributed by atoms with van der Waals surface area (Å²) in [5.41, 5.74) is 2.19. The second-order valence-electron chi connectivity index (χ2n) is 4.95. The molecular weight excluding hydrogens is 288 g/mol. The van der Waals surface area contributed by atoms with Crippen LogP contribution in [0.15, 0.2) is 35.2 Å². The Balaban J connectivity index is 1.75. The van der Waals surface area contributed by atoms with Gasteiger partial charge in [-0.25, -0.2) is 4.79 Å². The third-order valence-corrected chi connectivity index (χ3v) is 4.68. The maximum atomic E-state index is 12.3. The number of fused-ring (bicyclic) bond motifs is 1. The minimum Gasteiger partial charge on any atom is -0.477 e. The summed E-state index contributed by atoms with van der Waals surface area (Å²) in [5.74, 6) is -1.25. The molecule has 3 rings (SSSR count). The van der Waals surface area contributed by atoms with Gasteiger partial charge in [0.05, 0.1) is 10.9 Å². The number of thioether (sulfide) groups is 1. The molecular formula is C15H14N2O3S. The number of aromatic nitrogens is 1. The number of hydrogen-bond acceptors (Lipinski definition) is 3. The first-order valence-electron chi connectivity index (χ1n) is 6.53. The number of aromatic carboxylic acids is 1. The molecule has 6 heteroatoms. The highest BCUT2D eigenvalue weighted by Gasteiger charge is 2.29. The van der Waals surface area contributed by atoms with Gasteiger partial charge in [0.25, 0.3) is 0 Å². The van der Waals surface area contributed by atoms with Crippen molar-refractivity contribution in [3.05, 3.63) is 47.3 Å². The summed E-state index contributed by atoms with van der Waals surface area (Å²) in [6.45, 7) is 1.75. The van der Waals surface area contributed by atoms with E-state index < -0.39 is 5.97 Å². The van der Waals surface area contributed by atoms with Gasteiger partial charge in [-0.1, -0.05) is 18.2 Å². The lowest BCUT2D eigenvalue weighted by Gasteiger charge is -2.09. The molecule has 2 aromatic rings. The zero-order valence-corrected chi connectivity index (χ0v) is 12.2. The number of aromatic amines is 1. The Morgan fingerprint density at radius 3 is 2.86 bits per heavy atom. The molecule has 0 saturated carbocycles. The van der Waals surface area contributed by atoms with Crippen LogP contribution >= 0.6 is 11.8 Å². The van der Waals surface area contributed by atoms with Crippen LogP contribution in [-0.4, -0.2) is 27.2 Å². The topological polar surface area (TPSA) is 82.2 Å². The number of aryl methyl sites for hydroxylation is 1. The molecule has 1 aromatic heterocycles. The van der Waals surface area contributed by atoms with Gasteiger partial charge in [-0.3, -0.25) is 4.79 Å². The van der Waals surface area contributed by atoms with Crippen molar-refractivity contribution >= 4 is 29.3 Å². The van der Waals surface area contributed by atoms with Crippen molar-refractivity contribution in [2.45, 2.75) is 23.5 Å². The van der Waals surface area contributed by atoms with Crippen LogP contribution < -0.4 is 5.32 Å². The largest absolute Gasteiger partial charge is 0.477 e. The summed E-state index contributed by atoms with van der Waals surface area (Å²) in [5, 5.41) is 11.6. The highest BCUT2D eigenvalue weighted by Crippen LogP contribution is 2.37. The van der Waals surface area contributed by atoms with E-state index in [4.69, 9.17) is 5.11 Å². The van der Waals surface area contributed by atoms with Gasteiger partial charge in [0.2, 0.25) is 5.91 Å². The highest BCUT2D eigenvalue weighted by atomic mass is 32.2. The summed E-state index contributed by atoms with van der Waals surface area (Å²) in [7, 11) is 0. The van der Waals surface area contributed by atoms with Crippen molar-refractivity contribution in [2.24, 2.45) is 0 Å². The van der Waals surface area contributed by atoms with E-state index in [-0.39, 0.29) is 16.9 Å². The molecule has 0 aliphatic carbocycles. The molecule has 1 amide bonds. The molecule has 0 fully saturated rings. The summed E-state index contributed by atoms with van der Waals surface area (Å²) in [6, 6.07) is 9.55. The van der Waals surface area contributed by atoms with Gasteiger partial charge in [-0.05, 0) is 31.0 Å². The normalized spacial score (nSPS) is 16.5. The van der Waals surface area contributed by atoms with Crippen LogP contribution in [0.2, 0.25) is 0 Å². The lowest BCUT2D eigenvalue weighted by Crippen LogP contribution is -2.25. The van der Waals surface area contributed by atoms with Crippen LogP contribution in [0.1, 0.15) is 21.7 Å². The number of benzene rings is 1. The third-order valence-electron chi connectivity index (χ3n) is 3.36. The Hall–Kier alpha value is -2.21. The number of carboxylic acids is 1. The number of anilines is 1. The Morgan fingerprint density at radius 1 is 1.38 bits per heavy atom. The van der Waals surface area contributed by atoms with Crippen LogP contribution in [0.3, 0.4) is 0 Å². The van der Waals surface area contributed by atoms with E-state index >= 15 is 0 Å². The summed E-state index contributed by atoms with van der Waals surface area (Å²) in [6.07, 6.45) is 0.665. The van der Waals surface area contributed by atoms with E-state index in [1.54, 1.807) is 13.0 Å². The number of nitrogens with one attached hydrogen (secondary N) is 2. The fourth-order valence-corrected chi connectivity index (χ4v) is 3.59. The lowest BCUT2D eigenvalue weighted by atomic mass is 10.1. The molecule has 108 valence electrons. The maximum absolute atomic E-state index is 12.3. The molecule has 21 heavy (non-hydrogen) atoms. The average molecular weight is 302 g/mol. The zero-order valence-electron chi connectivity index (χ0n) is 11.3. The lowest BCUT2D eigenvalue weighted by molar-refractivity contribution is -0.115. The van der Waals surface area contributed by atoms with Gasteiger partial charge in [-0.15, -0.1) is 11.8 Å². The van der Waals surface area contributed by atoms with E-state index in [2.05, 4.69) is 10.3 Å². The molecule has 3 N–H and O–H groups in total. The van der Waals surface area contributed by atoms with E-state index in [0.717, 1.165) is 10.5 Å². The van der Waals surface area contributed by atoms with Gasteiger partial charge in [0.15, 0.2) is 0 Å². The Bertz CT molecular complexity index is 698. The monoisotopic (exact) mass is 302 g/mol. The van der Waals surface area contributed by atoms with E-state index in [9.17, 15) is 9.59 Å². The molecule has 1 aliphatic heterocycles. The van der Waals surface area contributed by atoms with Crippen molar-refractivity contribution in [2.75, 3.05) is 5.32 Å². The first-order chi connectivity index (χ1) is 10.0. The molecule has 0 radical (unpaired) electrons. The van der Waals surface area contributed by atoms with Crippen molar-refractivity contribution in [3.63, 3.8) is 0 Å². The van der Waals surface area contributed by atoms with Gasteiger partial charge in [0.1, 0.15) is 5.69 Å². The Kier molecular flexibility index (Phi) is 3.47. The van der Waals surface area contributed by atoms with Crippen molar-refractivity contribution in [3.8, 4) is 0 Å². The van der Waals surface area contributed by atoms with Crippen LogP contribution in [0, 0.1) is 6.92 Å².